The Morgan fingerprint density at radius 3 is 2.72 bits per heavy atom. The Bertz CT molecular complexity index is 347. The number of rotatable bonds is 9. The predicted molar refractivity (Wildman–Crippen MR) is 76.5 cm³/mol. The second-order valence-electron chi connectivity index (χ2n) is 3.73. The van der Waals surface area contributed by atoms with Gasteiger partial charge in [0.05, 0.1) is 26.0 Å². The number of hydrogen-bond acceptors (Lipinski definition) is 4. The molecule has 0 heterocycles. The highest BCUT2D eigenvalue weighted by atomic mass is 79.9. The molecule has 102 valence electrons. The molecule has 0 aliphatic carbocycles. The lowest BCUT2D eigenvalue weighted by molar-refractivity contribution is 0.0705. The summed E-state index contributed by atoms with van der Waals surface area (Å²) >= 11 is 3.44. The minimum Gasteiger partial charge on any atom is -0.495 e. The van der Waals surface area contributed by atoms with Crippen molar-refractivity contribution in [3.63, 3.8) is 0 Å². The summed E-state index contributed by atoms with van der Waals surface area (Å²) in [5.41, 5.74) is 0.990. The molecule has 0 aromatic heterocycles. The van der Waals surface area contributed by atoms with E-state index in [4.69, 9.17) is 14.2 Å². The molecule has 1 N–H and O–H groups in total. The molecule has 0 saturated carbocycles. The summed E-state index contributed by atoms with van der Waals surface area (Å²) in [7, 11) is 3.34. The first-order chi connectivity index (χ1) is 8.77. The largest absolute Gasteiger partial charge is 0.495 e. The highest BCUT2D eigenvalue weighted by Crippen LogP contribution is 2.27. The summed E-state index contributed by atoms with van der Waals surface area (Å²) in [5.74, 6) is 0.846. The van der Waals surface area contributed by atoms with Gasteiger partial charge in [-0.05, 0) is 24.6 Å². The summed E-state index contributed by atoms with van der Waals surface area (Å²) in [4.78, 5) is 0. The van der Waals surface area contributed by atoms with Gasteiger partial charge in [-0.15, -0.1) is 0 Å². The van der Waals surface area contributed by atoms with E-state index >= 15 is 0 Å². The first-order valence-corrected chi connectivity index (χ1v) is 6.71. The number of nitrogens with one attached hydrogen (secondary N) is 1. The van der Waals surface area contributed by atoms with Gasteiger partial charge in [-0.25, -0.2) is 0 Å². The van der Waals surface area contributed by atoms with Crippen molar-refractivity contribution in [2.45, 2.75) is 6.42 Å². The van der Waals surface area contributed by atoms with Crippen molar-refractivity contribution in [2.75, 3.05) is 45.9 Å². The first-order valence-electron chi connectivity index (χ1n) is 5.92. The van der Waals surface area contributed by atoms with E-state index in [-0.39, 0.29) is 0 Å². The normalized spacial score (nSPS) is 10.4. The fourth-order valence-electron chi connectivity index (χ4n) is 1.46. The third-order valence-corrected chi connectivity index (χ3v) is 2.87. The predicted octanol–water partition coefficient (Wildman–Crippen LogP) is 2.92. The van der Waals surface area contributed by atoms with Crippen LogP contribution in [-0.2, 0) is 9.47 Å². The smallest absolute Gasteiger partial charge is 0.142 e. The SMILES string of the molecule is COCCOCCCNc1cc(Br)ccc1OC. The van der Waals surface area contributed by atoms with Crippen LogP contribution in [0.2, 0.25) is 0 Å². The molecule has 0 unspecified atom stereocenters. The summed E-state index contributed by atoms with van der Waals surface area (Å²) in [5, 5.41) is 3.33. The van der Waals surface area contributed by atoms with Crippen molar-refractivity contribution in [3.05, 3.63) is 22.7 Å². The Labute approximate surface area is 117 Å². The van der Waals surface area contributed by atoms with Gasteiger partial charge in [0.2, 0.25) is 0 Å². The molecule has 0 amide bonds. The Hall–Kier alpha value is -0.780. The highest BCUT2D eigenvalue weighted by Gasteiger charge is 2.02. The lowest BCUT2D eigenvalue weighted by Crippen LogP contribution is -2.09. The molecule has 0 bridgehead atoms. The topological polar surface area (TPSA) is 39.7 Å². The molecule has 18 heavy (non-hydrogen) atoms. The Morgan fingerprint density at radius 1 is 1.17 bits per heavy atom. The molecule has 5 heteroatoms. The van der Waals surface area contributed by atoms with Crippen LogP contribution in [0.1, 0.15) is 6.42 Å². The van der Waals surface area contributed by atoms with E-state index in [0.29, 0.717) is 13.2 Å². The standard InChI is InChI=1S/C13H20BrNO3/c1-16-8-9-18-7-3-6-15-12-10-11(14)4-5-13(12)17-2/h4-5,10,15H,3,6-9H2,1-2H3. The van der Waals surface area contributed by atoms with E-state index in [2.05, 4.69) is 21.2 Å². The van der Waals surface area contributed by atoms with Gasteiger partial charge in [0.25, 0.3) is 0 Å². The van der Waals surface area contributed by atoms with Gasteiger partial charge in [-0.3, -0.25) is 0 Å². The van der Waals surface area contributed by atoms with Crippen molar-refractivity contribution in [1.82, 2.24) is 0 Å². The van der Waals surface area contributed by atoms with E-state index in [9.17, 15) is 0 Å². The van der Waals surface area contributed by atoms with Gasteiger partial charge in [0, 0.05) is 24.7 Å². The maximum Gasteiger partial charge on any atom is 0.142 e. The average Bonchev–Trinajstić information content (AvgIpc) is 2.38. The molecular weight excluding hydrogens is 298 g/mol. The van der Waals surface area contributed by atoms with Crippen LogP contribution in [0.5, 0.6) is 5.75 Å². The monoisotopic (exact) mass is 317 g/mol. The lowest BCUT2D eigenvalue weighted by Gasteiger charge is -2.11. The summed E-state index contributed by atoms with van der Waals surface area (Å²) in [6.45, 7) is 2.87. The third-order valence-electron chi connectivity index (χ3n) is 2.37. The van der Waals surface area contributed by atoms with Gasteiger partial charge in [-0.2, -0.15) is 0 Å². The zero-order valence-corrected chi connectivity index (χ0v) is 12.5. The maximum absolute atomic E-state index is 5.39. The van der Waals surface area contributed by atoms with Crippen molar-refractivity contribution in [1.29, 1.82) is 0 Å². The van der Waals surface area contributed by atoms with Crippen molar-refractivity contribution in [3.8, 4) is 5.75 Å². The van der Waals surface area contributed by atoms with E-state index < -0.39 is 0 Å². The van der Waals surface area contributed by atoms with Crippen LogP contribution in [0.4, 0.5) is 5.69 Å². The summed E-state index contributed by atoms with van der Waals surface area (Å²) < 4.78 is 16.6. The molecule has 1 aromatic rings. The van der Waals surface area contributed by atoms with Crippen molar-refractivity contribution >= 4 is 21.6 Å². The number of benzene rings is 1. The third kappa shape index (κ3) is 5.71. The highest BCUT2D eigenvalue weighted by molar-refractivity contribution is 9.10. The van der Waals surface area contributed by atoms with E-state index in [1.165, 1.54) is 0 Å². The van der Waals surface area contributed by atoms with E-state index in [1.54, 1.807) is 14.2 Å². The number of hydrogen-bond donors (Lipinski definition) is 1. The number of anilines is 1. The van der Waals surface area contributed by atoms with Crippen LogP contribution in [-0.4, -0.2) is 40.6 Å². The molecule has 0 spiro atoms. The molecule has 1 rings (SSSR count). The Morgan fingerprint density at radius 2 is 2.00 bits per heavy atom. The molecule has 0 aliphatic rings. The summed E-state index contributed by atoms with van der Waals surface area (Å²) in [6.07, 6.45) is 0.944. The van der Waals surface area contributed by atoms with Gasteiger partial charge < -0.3 is 19.5 Å². The van der Waals surface area contributed by atoms with Gasteiger partial charge in [0.15, 0.2) is 0 Å². The zero-order valence-electron chi connectivity index (χ0n) is 10.9. The maximum atomic E-state index is 5.39. The molecule has 0 fully saturated rings. The zero-order chi connectivity index (χ0) is 13.2. The lowest BCUT2D eigenvalue weighted by atomic mass is 10.3. The molecule has 4 nitrogen and oxygen atoms in total. The molecule has 1 aromatic carbocycles. The number of halogens is 1. The fraction of sp³-hybridized carbons (Fsp3) is 0.538. The minimum atomic E-state index is 0.646. The molecular formula is C13H20BrNO3. The van der Waals surface area contributed by atoms with E-state index in [1.807, 2.05) is 18.2 Å². The Balaban J connectivity index is 2.24. The first kappa shape index (κ1) is 15.3. The fourth-order valence-corrected chi connectivity index (χ4v) is 1.82. The van der Waals surface area contributed by atoms with Crippen LogP contribution in [0.15, 0.2) is 22.7 Å². The van der Waals surface area contributed by atoms with Gasteiger partial charge in [-0.1, -0.05) is 15.9 Å². The average molecular weight is 318 g/mol. The molecule has 0 atom stereocenters. The van der Waals surface area contributed by atoms with Gasteiger partial charge in [0.1, 0.15) is 5.75 Å². The second-order valence-corrected chi connectivity index (χ2v) is 4.65. The minimum absolute atomic E-state index is 0.646. The van der Waals surface area contributed by atoms with E-state index in [0.717, 1.165) is 35.5 Å². The van der Waals surface area contributed by atoms with Crippen LogP contribution >= 0.6 is 15.9 Å². The van der Waals surface area contributed by atoms with Crippen LogP contribution in [0.3, 0.4) is 0 Å². The number of methoxy groups -OCH3 is 2. The quantitative estimate of drug-likeness (QED) is 0.711. The number of ether oxygens (including phenoxy) is 3. The molecule has 0 saturated heterocycles. The van der Waals surface area contributed by atoms with Crippen LogP contribution < -0.4 is 10.1 Å². The molecule has 0 aliphatic heterocycles. The van der Waals surface area contributed by atoms with Crippen LogP contribution in [0, 0.1) is 0 Å². The Kier molecular flexibility index (Phi) is 7.80. The van der Waals surface area contributed by atoms with Crippen molar-refractivity contribution in [2.24, 2.45) is 0 Å². The van der Waals surface area contributed by atoms with Gasteiger partial charge >= 0.3 is 0 Å². The van der Waals surface area contributed by atoms with Crippen LogP contribution in [0.25, 0.3) is 0 Å². The molecule has 0 radical (unpaired) electrons. The summed E-state index contributed by atoms with van der Waals surface area (Å²) in [6, 6.07) is 5.89. The second kappa shape index (κ2) is 9.19. The van der Waals surface area contributed by atoms with Crippen molar-refractivity contribution < 1.29 is 14.2 Å².